The maximum Gasteiger partial charge on any atom is 0.251 e. The van der Waals surface area contributed by atoms with Crippen LogP contribution in [0.15, 0.2) is 89.9 Å². The third-order valence-electron chi connectivity index (χ3n) is 7.22. The molecular weight excluding hydrogens is 600 g/mol. The van der Waals surface area contributed by atoms with Crippen molar-refractivity contribution >= 4 is 29.6 Å². The fraction of sp³-hybridized carbons (Fsp3) is 0.324. The molecule has 11 N–H and O–H groups in total. The molecule has 13 nitrogen and oxygen atoms in total. The highest BCUT2D eigenvalue weighted by Crippen LogP contribution is 2.20. The van der Waals surface area contributed by atoms with E-state index in [0.717, 1.165) is 5.56 Å². The number of rotatable bonds is 19. The average molecular weight is 645 g/mol. The Bertz CT molecular complexity index is 1460. The van der Waals surface area contributed by atoms with Crippen molar-refractivity contribution < 1.29 is 23.9 Å². The summed E-state index contributed by atoms with van der Waals surface area (Å²) in [7, 11) is 0. The molecule has 0 saturated heterocycles. The number of ether oxygens (including phenoxy) is 1. The second-order valence-electron chi connectivity index (χ2n) is 10.9. The summed E-state index contributed by atoms with van der Waals surface area (Å²) in [5, 5.41) is 8.18. The Morgan fingerprint density at radius 3 is 1.91 bits per heavy atom. The zero-order valence-electron chi connectivity index (χ0n) is 26.3. The van der Waals surface area contributed by atoms with Crippen LogP contribution in [0.2, 0.25) is 0 Å². The zero-order valence-corrected chi connectivity index (χ0v) is 26.3. The molecule has 3 rings (SSSR count). The van der Waals surface area contributed by atoms with Crippen LogP contribution in [0.1, 0.15) is 59.6 Å². The summed E-state index contributed by atoms with van der Waals surface area (Å²) >= 11 is 0. The van der Waals surface area contributed by atoms with Crippen LogP contribution in [0.5, 0.6) is 5.75 Å². The zero-order chi connectivity index (χ0) is 34.0. The van der Waals surface area contributed by atoms with Crippen molar-refractivity contribution in [3.05, 3.63) is 102 Å². The molecule has 4 amide bonds. The van der Waals surface area contributed by atoms with E-state index in [1.165, 1.54) is 0 Å². The van der Waals surface area contributed by atoms with E-state index >= 15 is 0 Å². The van der Waals surface area contributed by atoms with Crippen LogP contribution >= 0.6 is 0 Å². The van der Waals surface area contributed by atoms with Gasteiger partial charge >= 0.3 is 0 Å². The number of hydrogen-bond donors (Lipinski definition) is 7. The van der Waals surface area contributed by atoms with Gasteiger partial charge in [0.2, 0.25) is 17.7 Å². The third kappa shape index (κ3) is 12.5. The van der Waals surface area contributed by atoms with Gasteiger partial charge < -0.3 is 43.6 Å². The van der Waals surface area contributed by atoms with E-state index in [2.05, 4.69) is 20.9 Å². The van der Waals surface area contributed by atoms with Crippen molar-refractivity contribution in [3.8, 4) is 5.75 Å². The van der Waals surface area contributed by atoms with Crippen LogP contribution in [-0.2, 0) is 21.0 Å². The normalized spacial score (nSPS) is 12.5. The highest BCUT2D eigenvalue weighted by molar-refractivity contribution is 5.98. The van der Waals surface area contributed by atoms with Crippen molar-refractivity contribution in [3.63, 3.8) is 0 Å². The van der Waals surface area contributed by atoms with Crippen LogP contribution in [0.25, 0.3) is 0 Å². The summed E-state index contributed by atoms with van der Waals surface area (Å²) in [5.74, 6) is -1.95. The number of amides is 4. The molecule has 0 bridgehead atoms. The summed E-state index contributed by atoms with van der Waals surface area (Å²) in [6.45, 7) is 0.997. The van der Waals surface area contributed by atoms with E-state index in [9.17, 15) is 19.2 Å². The summed E-state index contributed by atoms with van der Waals surface area (Å²) in [4.78, 5) is 56.5. The molecular formula is C34H44N8O5. The Morgan fingerprint density at radius 2 is 1.30 bits per heavy atom. The first-order valence-corrected chi connectivity index (χ1v) is 15.5. The molecule has 0 aliphatic carbocycles. The predicted octanol–water partition coefficient (Wildman–Crippen LogP) is 1.37. The number of carbonyl (C=O) groups excluding carboxylic acids is 4. The molecule has 3 atom stereocenters. The van der Waals surface area contributed by atoms with Crippen LogP contribution in [0.4, 0.5) is 0 Å². The lowest BCUT2D eigenvalue weighted by Crippen LogP contribution is -2.54. The largest absolute Gasteiger partial charge is 0.489 e. The van der Waals surface area contributed by atoms with Crippen molar-refractivity contribution in [2.45, 2.75) is 56.8 Å². The second kappa shape index (κ2) is 19.2. The number of nitrogens with zero attached hydrogens (tertiary/aromatic N) is 1. The molecule has 2 unspecified atom stereocenters. The van der Waals surface area contributed by atoms with Gasteiger partial charge in [-0.25, -0.2) is 0 Å². The fourth-order valence-corrected chi connectivity index (χ4v) is 4.70. The van der Waals surface area contributed by atoms with Gasteiger partial charge in [0.05, 0.1) is 0 Å². The third-order valence-corrected chi connectivity index (χ3v) is 7.22. The second-order valence-corrected chi connectivity index (χ2v) is 10.9. The van der Waals surface area contributed by atoms with Crippen LogP contribution in [0, 0.1) is 0 Å². The topological polar surface area (TPSA) is 230 Å². The van der Waals surface area contributed by atoms with Crippen molar-refractivity contribution in [2.24, 2.45) is 27.9 Å². The van der Waals surface area contributed by atoms with E-state index in [1.54, 1.807) is 54.6 Å². The standard InChI is InChI=1S/C34H44N8O5/c35-20-8-7-14-27(41-32(45)28(15-9-21-39-34(37)38)40-31(44)25-12-5-2-6-13-25)33(46)42-29(30(36)43)24-16-18-26(19-17-24)47-22-23-10-3-1-4-11-23/h1-6,10-13,16-19,27-29H,7-9,14-15,20-22,35H2,(H2,36,43)(H,40,44)(H,41,45)(H,42,46)(H4,37,38,39)/t27?,28-,29?/m0/s1. The van der Waals surface area contributed by atoms with Gasteiger partial charge in [0.1, 0.15) is 30.5 Å². The Balaban J connectivity index is 1.73. The van der Waals surface area contributed by atoms with Crippen LogP contribution in [-0.4, -0.2) is 54.8 Å². The van der Waals surface area contributed by atoms with Gasteiger partial charge in [-0.1, -0.05) is 60.7 Å². The lowest BCUT2D eigenvalue weighted by atomic mass is 10.0. The quantitative estimate of drug-likeness (QED) is 0.0571. The first-order valence-electron chi connectivity index (χ1n) is 15.5. The summed E-state index contributed by atoms with van der Waals surface area (Å²) in [6.07, 6.45) is 1.94. The monoisotopic (exact) mass is 644 g/mol. The highest BCUT2D eigenvalue weighted by Gasteiger charge is 2.29. The molecule has 13 heteroatoms. The van der Waals surface area contributed by atoms with Crippen molar-refractivity contribution in [1.29, 1.82) is 0 Å². The molecule has 3 aromatic rings. The summed E-state index contributed by atoms with van der Waals surface area (Å²) in [5.41, 5.74) is 24.0. The minimum atomic E-state index is -1.17. The van der Waals surface area contributed by atoms with E-state index in [1.807, 2.05) is 30.3 Å². The number of unbranched alkanes of at least 4 members (excludes halogenated alkanes) is 1. The lowest BCUT2D eigenvalue weighted by molar-refractivity contribution is -0.132. The lowest BCUT2D eigenvalue weighted by Gasteiger charge is -2.25. The molecule has 0 aliphatic heterocycles. The van der Waals surface area contributed by atoms with E-state index < -0.39 is 41.8 Å². The number of nitrogens with one attached hydrogen (secondary N) is 3. The number of guanidine groups is 1. The van der Waals surface area contributed by atoms with Crippen LogP contribution < -0.4 is 43.6 Å². The molecule has 250 valence electrons. The minimum absolute atomic E-state index is 0.0886. The maximum absolute atomic E-state index is 13.6. The number of benzene rings is 3. The number of carbonyl (C=O) groups is 4. The van der Waals surface area contributed by atoms with E-state index in [0.29, 0.717) is 49.3 Å². The van der Waals surface area contributed by atoms with Gasteiger partial charge in [-0.3, -0.25) is 24.2 Å². The predicted molar refractivity (Wildman–Crippen MR) is 180 cm³/mol. The first kappa shape index (κ1) is 36.0. The highest BCUT2D eigenvalue weighted by atomic mass is 16.5. The molecule has 0 spiro atoms. The summed E-state index contributed by atoms with van der Waals surface area (Å²) < 4.78 is 5.82. The maximum atomic E-state index is 13.6. The molecule has 3 aromatic carbocycles. The van der Waals surface area contributed by atoms with Gasteiger partial charge in [0, 0.05) is 12.1 Å². The van der Waals surface area contributed by atoms with Crippen LogP contribution in [0.3, 0.4) is 0 Å². The van der Waals surface area contributed by atoms with Gasteiger partial charge in [-0.15, -0.1) is 0 Å². The van der Waals surface area contributed by atoms with Crippen molar-refractivity contribution in [2.75, 3.05) is 13.1 Å². The van der Waals surface area contributed by atoms with Gasteiger partial charge in [0.15, 0.2) is 5.96 Å². The first-order chi connectivity index (χ1) is 22.7. The van der Waals surface area contributed by atoms with Gasteiger partial charge in [-0.05, 0) is 74.0 Å². The number of aliphatic imine (C=N–C) groups is 1. The number of primary amides is 1. The van der Waals surface area contributed by atoms with E-state index in [4.69, 9.17) is 27.7 Å². The average Bonchev–Trinajstić information content (AvgIpc) is 3.07. The molecule has 0 fully saturated rings. The van der Waals surface area contributed by atoms with Crippen molar-refractivity contribution in [1.82, 2.24) is 16.0 Å². The Morgan fingerprint density at radius 1 is 0.702 bits per heavy atom. The molecule has 0 aromatic heterocycles. The van der Waals surface area contributed by atoms with Gasteiger partial charge in [-0.2, -0.15) is 0 Å². The van der Waals surface area contributed by atoms with E-state index in [-0.39, 0.29) is 25.3 Å². The Hall–Kier alpha value is -5.43. The number of nitrogens with two attached hydrogens (primary N) is 4. The summed E-state index contributed by atoms with van der Waals surface area (Å²) in [6, 6.07) is 21.5. The SMILES string of the molecule is NCCCCC(NC(=O)[C@H](CCCN=C(N)N)NC(=O)c1ccccc1)C(=O)NC(C(N)=O)c1ccc(OCc2ccccc2)cc1. The Kier molecular flexibility index (Phi) is 14.7. The smallest absolute Gasteiger partial charge is 0.251 e. The van der Waals surface area contributed by atoms with Gasteiger partial charge in [0.25, 0.3) is 5.91 Å². The molecule has 0 aliphatic rings. The molecule has 0 saturated carbocycles. The molecule has 0 radical (unpaired) electrons. The number of hydrogen-bond acceptors (Lipinski definition) is 7. The minimum Gasteiger partial charge on any atom is -0.489 e. The Labute approximate surface area is 274 Å². The molecule has 47 heavy (non-hydrogen) atoms. The molecule has 0 heterocycles. The fourth-order valence-electron chi connectivity index (χ4n) is 4.70.